The fraction of sp³-hybridized carbons (Fsp3) is 0.240. The third kappa shape index (κ3) is 4.48. The largest absolute Gasteiger partial charge is 0.379 e. The smallest absolute Gasteiger partial charge is 0.0594 e. The number of ether oxygens (including phenoxy) is 1. The molecule has 0 spiro atoms. The van der Waals surface area contributed by atoms with Crippen molar-refractivity contribution in [2.75, 3.05) is 32.8 Å². The summed E-state index contributed by atoms with van der Waals surface area (Å²) < 4.78 is 7.78. The molecule has 1 saturated heterocycles. The van der Waals surface area contributed by atoms with Crippen molar-refractivity contribution in [3.63, 3.8) is 0 Å². The van der Waals surface area contributed by atoms with E-state index in [1.807, 2.05) is 42.7 Å². The van der Waals surface area contributed by atoms with Gasteiger partial charge < -0.3 is 9.30 Å². The van der Waals surface area contributed by atoms with Crippen LogP contribution in [0.1, 0.15) is 0 Å². The van der Waals surface area contributed by atoms with Crippen molar-refractivity contribution in [2.45, 2.75) is 6.54 Å². The first-order valence-corrected chi connectivity index (χ1v) is 11.2. The Labute approximate surface area is 192 Å². The van der Waals surface area contributed by atoms with E-state index in [1.165, 1.54) is 5.39 Å². The molecule has 5 rings (SSSR count). The highest BCUT2D eigenvalue weighted by Crippen LogP contribution is 2.34. The molecule has 1 fully saturated rings. The molecule has 4 nitrogen and oxygen atoms in total. The average Bonchev–Trinajstić information content (AvgIpc) is 3.17. The third-order valence-corrected chi connectivity index (χ3v) is 6.32. The van der Waals surface area contributed by atoms with E-state index in [1.54, 1.807) is 0 Å². The van der Waals surface area contributed by atoms with Crippen molar-refractivity contribution in [3.05, 3.63) is 77.2 Å². The summed E-state index contributed by atoms with van der Waals surface area (Å²) >= 11 is 12.4. The molecule has 0 unspecified atom stereocenters. The number of halogens is 2. The Morgan fingerprint density at radius 3 is 2.35 bits per heavy atom. The lowest BCUT2D eigenvalue weighted by Gasteiger charge is -2.26. The fourth-order valence-electron chi connectivity index (χ4n) is 4.14. The van der Waals surface area contributed by atoms with Crippen molar-refractivity contribution in [1.29, 1.82) is 0 Å². The van der Waals surface area contributed by atoms with Gasteiger partial charge in [-0.1, -0.05) is 41.4 Å². The van der Waals surface area contributed by atoms with Gasteiger partial charge in [0.1, 0.15) is 0 Å². The molecular weight excluding hydrogens is 429 g/mol. The van der Waals surface area contributed by atoms with E-state index < -0.39 is 0 Å². The molecule has 0 N–H and O–H groups in total. The van der Waals surface area contributed by atoms with Gasteiger partial charge in [-0.05, 0) is 35.9 Å². The van der Waals surface area contributed by atoms with Gasteiger partial charge in [-0.2, -0.15) is 0 Å². The molecule has 2 aromatic heterocycles. The summed E-state index contributed by atoms with van der Waals surface area (Å²) in [5.74, 6) is 0. The molecule has 0 saturated carbocycles. The quantitative estimate of drug-likeness (QED) is 0.372. The number of aromatic nitrogens is 2. The van der Waals surface area contributed by atoms with Crippen LogP contribution < -0.4 is 0 Å². The Kier molecular flexibility index (Phi) is 5.97. The van der Waals surface area contributed by atoms with Crippen molar-refractivity contribution >= 4 is 34.1 Å². The molecule has 31 heavy (non-hydrogen) atoms. The summed E-state index contributed by atoms with van der Waals surface area (Å²) in [5, 5.41) is 2.66. The predicted octanol–water partition coefficient (Wildman–Crippen LogP) is 6.01. The Morgan fingerprint density at radius 1 is 0.806 bits per heavy atom. The SMILES string of the molecule is Clc1ccc(-c2cncc(-c3cn(CCN4CCOCC4)c4cc(Cl)ccc34)c2)cc1. The topological polar surface area (TPSA) is 30.3 Å². The van der Waals surface area contributed by atoms with Gasteiger partial charge in [0.15, 0.2) is 0 Å². The Bertz CT molecular complexity index is 1200. The van der Waals surface area contributed by atoms with Crippen molar-refractivity contribution in [3.8, 4) is 22.3 Å². The molecule has 0 amide bonds. The lowest BCUT2D eigenvalue weighted by molar-refractivity contribution is 0.0365. The van der Waals surface area contributed by atoms with E-state index in [9.17, 15) is 0 Å². The van der Waals surface area contributed by atoms with E-state index in [0.29, 0.717) is 0 Å². The molecule has 3 heterocycles. The highest BCUT2D eigenvalue weighted by Gasteiger charge is 2.15. The lowest BCUT2D eigenvalue weighted by Crippen LogP contribution is -2.38. The second kappa shape index (κ2) is 9.01. The van der Waals surface area contributed by atoms with Gasteiger partial charge in [-0.15, -0.1) is 0 Å². The van der Waals surface area contributed by atoms with E-state index >= 15 is 0 Å². The van der Waals surface area contributed by atoms with Crippen molar-refractivity contribution in [2.24, 2.45) is 0 Å². The van der Waals surface area contributed by atoms with Gasteiger partial charge >= 0.3 is 0 Å². The van der Waals surface area contributed by atoms with Gasteiger partial charge in [-0.3, -0.25) is 9.88 Å². The Morgan fingerprint density at radius 2 is 1.55 bits per heavy atom. The maximum Gasteiger partial charge on any atom is 0.0594 e. The van der Waals surface area contributed by atoms with Crippen LogP contribution in [0.4, 0.5) is 0 Å². The highest BCUT2D eigenvalue weighted by molar-refractivity contribution is 6.31. The summed E-state index contributed by atoms with van der Waals surface area (Å²) in [7, 11) is 0. The summed E-state index contributed by atoms with van der Waals surface area (Å²) in [4.78, 5) is 6.97. The first-order valence-electron chi connectivity index (χ1n) is 10.5. The molecule has 0 bridgehead atoms. The van der Waals surface area contributed by atoms with Crippen LogP contribution in [0, 0.1) is 0 Å². The van der Waals surface area contributed by atoms with Crippen LogP contribution in [0.5, 0.6) is 0 Å². The molecule has 6 heteroatoms. The summed E-state index contributed by atoms with van der Waals surface area (Å²) in [6.45, 7) is 5.49. The minimum atomic E-state index is 0.730. The van der Waals surface area contributed by atoms with Crippen LogP contribution in [0.15, 0.2) is 67.1 Å². The molecule has 1 aliphatic heterocycles. The summed E-state index contributed by atoms with van der Waals surface area (Å²) in [5.41, 5.74) is 5.56. The molecule has 0 aliphatic carbocycles. The molecule has 158 valence electrons. The minimum Gasteiger partial charge on any atom is -0.379 e. The van der Waals surface area contributed by atoms with Gasteiger partial charge in [0.05, 0.1) is 18.7 Å². The number of nitrogens with zero attached hydrogens (tertiary/aromatic N) is 3. The molecule has 2 aromatic carbocycles. The zero-order valence-corrected chi connectivity index (χ0v) is 18.6. The summed E-state index contributed by atoms with van der Waals surface area (Å²) in [6.07, 6.45) is 6.04. The maximum atomic E-state index is 6.35. The Hall–Kier alpha value is -2.37. The lowest BCUT2D eigenvalue weighted by atomic mass is 10.0. The van der Waals surface area contributed by atoms with Crippen molar-refractivity contribution in [1.82, 2.24) is 14.5 Å². The van der Waals surface area contributed by atoms with Crippen molar-refractivity contribution < 1.29 is 4.74 Å². The second-order valence-electron chi connectivity index (χ2n) is 7.82. The van der Waals surface area contributed by atoms with Crippen LogP contribution in [0.2, 0.25) is 10.0 Å². The number of pyridine rings is 1. The van der Waals surface area contributed by atoms with Crippen LogP contribution in [0.3, 0.4) is 0 Å². The molecular formula is C25H23Cl2N3O. The number of morpholine rings is 1. The van der Waals surface area contributed by atoms with Crippen LogP contribution in [-0.4, -0.2) is 47.3 Å². The summed E-state index contributed by atoms with van der Waals surface area (Å²) in [6, 6.07) is 16.2. The zero-order chi connectivity index (χ0) is 21.2. The second-order valence-corrected chi connectivity index (χ2v) is 8.69. The number of hydrogen-bond acceptors (Lipinski definition) is 3. The standard InChI is InChI=1S/C25H23Cl2N3O/c26-21-3-1-18(2-4-21)19-13-20(16-28-15-19)24-17-30(8-7-29-9-11-31-12-10-29)25-14-22(27)5-6-23(24)25/h1-6,13-17H,7-12H2. The third-order valence-electron chi connectivity index (χ3n) is 5.83. The average molecular weight is 452 g/mol. The van der Waals surface area contributed by atoms with Gasteiger partial charge in [0.25, 0.3) is 0 Å². The number of hydrogen-bond donors (Lipinski definition) is 0. The van der Waals surface area contributed by atoms with E-state index in [-0.39, 0.29) is 0 Å². The molecule has 0 radical (unpaired) electrons. The number of fused-ring (bicyclic) bond motifs is 1. The zero-order valence-electron chi connectivity index (χ0n) is 17.1. The van der Waals surface area contributed by atoms with E-state index in [0.717, 1.165) is 77.2 Å². The van der Waals surface area contributed by atoms with Gasteiger partial charge in [0, 0.05) is 76.9 Å². The first kappa shape index (κ1) is 20.5. The molecule has 4 aromatic rings. The highest BCUT2D eigenvalue weighted by atomic mass is 35.5. The van der Waals surface area contributed by atoms with Gasteiger partial charge in [-0.25, -0.2) is 0 Å². The Balaban J connectivity index is 1.51. The fourth-order valence-corrected chi connectivity index (χ4v) is 4.43. The van der Waals surface area contributed by atoms with Crippen LogP contribution in [-0.2, 0) is 11.3 Å². The molecule has 0 atom stereocenters. The first-order chi connectivity index (χ1) is 15.2. The van der Waals surface area contributed by atoms with Crippen LogP contribution >= 0.6 is 23.2 Å². The predicted molar refractivity (Wildman–Crippen MR) is 128 cm³/mol. The minimum absolute atomic E-state index is 0.730. The normalized spacial score (nSPS) is 14.9. The molecule has 1 aliphatic rings. The monoisotopic (exact) mass is 451 g/mol. The van der Waals surface area contributed by atoms with E-state index in [2.05, 4.69) is 38.8 Å². The van der Waals surface area contributed by atoms with Gasteiger partial charge in [0.2, 0.25) is 0 Å². The maximum absolute atomic E-state index is 6.35. The number of rotatable bonds is 5. The van der Waals surface area contributed by atoms with E-state index in [4.69, 9.17) is 27.9 Å². The number of benzene rings is 2. The van der Waals surface area contributed by atoms with Crippen LogP contribution in [0.25, 0.3) is 33.2 Å².